The molecule has 4 aliphatic carbocycles. The molecule has 6 rings (SSSR count). The lowest BCUT2D eigenvalue weighted by molar-refractivity contribution is -0.0597. The number of carbonyl (C=O) groups excluding carboxylic acids is 1. The van der Waals surface area contributed by atoms with Crippen LogP contribution in [0.5, 0.6) is 5.75 Å². The minimum atomic E-state index is -0.549. The van der Waals surface area contributed by atoms with Crippen molar-refractivity contribution in [2.75, 3.05) is 11.9 Å². The Morgan fingerprint density at radius 3 is 2.33 bits per heavy atom. The van der Waals surface area contributed by atoms with Crippen molar-refractivity contribution in [1.29, 1.82) is 0 Å². The number of anilines is 1. The lowest BCUT2D eigenvalue weighted by atomic mass is 9.48. The number of amides is 1. The maximum absolute atomic E-state index is 13.1. The largest absolute Gasteiger partial charge is 0.490 e. The van der Waals surface area contributed by atoms with E-state index < -0.39 is 6.10 Å². The number of aliphatic hydroxyl groups excluding tert-OH is 1. The molecule has 0 radical (unpaired) electrons. The molecule has 1 atom stereocenters. The highest BCUT2D eigenvalue weighted by Gasteiger charge is 2.50. The summed E-state index contributed by atoms with van der Waals surface area (Å²) in [7, 11) is 0. The average molecular weight is 452 g/mol. The van der Waals surface area contributed by atoms with Gasteiger partial charge >= 0.3 is 0 Å². The molecule has 2 aromatic carbocycles. The van der Waals surface area contributed by atoms with Crippen molar-refractivity contribution in [3.05, 3.63) is 59.9 Å². The maximum Gasteiger partial charge on any atom is 0.259 e. The highest BCUT2D eigenvalue weighted by molar-refractivity contribution is 6.06. The summed E-state index contributed by atoms with van der Waals surface area (Å²) >= 11 is 0. The quantitative estimate of drug-likeness (QED) is 0.477. The van der Waals surface area contributed by atoms with E-state index in [-0.39, 0.29) is 18.3 Å². The molecule has 33 heavy (non-hydrogen) atoms. The normalized spacial score (nSPS) is 28.5. The number of aliphatic hydroxyl groups is 1. The lowest BCUT2D eigenvalue weighted by Crippen LogP contribution is -2.46. The predicted octanol–water partition coefficient (Wildman–Crippen LogP) is 6.20. The fourth-order valence-electron chi connectivity index (χ4n) is 7.09. The van der Waals surface area contributed by atoms with Crippen molar-refractivity contribution in [3.8, 4) is 5.75 Å². The number of para-hydroxylation sites is 1. The van der Waals surface area contributed by atoms with Crippen molar-refractivity contribution in [1.82, 2.24) is 0 Å². The Balaban J connectivity index is 1.11. The Morgan fingerprint density at radius 2 is 1.67 bits per heavy atom. The number of hydrogen-bond acceptors (Lipinski definition) is 3. The van der Waals surface area contributed by atoms with Gasteiger partial charge in [0.2, 0.25) is 0 Å². The summed E-state index contributed by atoms with van der Waals surface area (Å²) < 4.78 is 19.0. The highest BCUT2D eigenvalue weighted by Crippen LogP contribution is 2.61. The molecular weight excluding hydrogens is 417 g/mol. The smallest absolute Gasteiger partial charge is 0.259 e. The van der Waals surface area contributed by atoms with Crippen LogP contribution >= 0.6 is 0 Å². The van der Waals surface area contributed by atoms with E-state index in [0.29, 0.717) is 22.4 Å². The molecule has 2 aromatic rings. The standard InChI is InChI=1S/C28H34FNO3/c29-22-7-9-23(10-8-22)30-27(32)25-5-1-2-6-26(25)33-18-24(31)4-3-11-28-15-19-12-20(16-28)14-21(13-19)17-28/h1-2,5-10,19-21,24,31H,3-4,11-18H2,(H,30,32). The zero-order valence-electron chi connectivity index (χ0n) is 19.1. The average Bonchev–Trinajstić information content (AvgIpc) is 2.78. The van der Waals surface area contributed by atoms with Gasteiger partial charge in [0.05, 0.1) is 11.7 Å². The minimum absolute atomic E-state index is 0.168. The van der Waals surface area contributed by atoms with Crippen LogP contribution in [0.15, 0.2) is 48.5 Å². The molecule has 0 heterocycles. The second-order valence-electron chi connectivity index (χ2n) is 10.7. The number of halogens is 1. The number of hydrogen-bond donors (Lipinski definition) is 2. The van der Waals surface area contributed by atoms with E-state index in [1.807, 2.05) is 6.07 Å². The third-order valence-electron chi connectivity index (χ3n) is 8.07. The zero-order chi connectivity index (χ0) is 22.8. The molecule has 176 valence electrons. The van der Waals surface area contributed by atoms with Crippen LogP contribution in [0.4, 0.5) is 10.1 Å². The van der Waals surface area contributed by atoms with E-state index in [0.717, 1.165) is 30.6 Å². The Hall–Kier alpha value is -2.40. The van der Waals surface area contributed by atoms with E-state index in [2.05, 4.69) is 5.32 Å². The molecular formula is C28H34FNO3. The van der Waals surface area contributed by atoms with Gasteiger partial charge in [-0.15, -0.1) is 0 Å². The second-order valence-corrected chi connectivity index (χ2v) is 10.7. The first-order chi connectivity index (χ1) is 16.0. The molecule has 0 aliphatic heterocycles. The van der Waals surface area contributed by atoms with Crippen LogP contribution in [0.1, 0.15) is 68.1 Å². The fourth-order valence-corrected chi connectivity index (χ4v) is 7.09. The van der Waals surface area contributed by atoms with Gasteiger partial charge in [-0.2, -0.15) is 0 Å². The summed E-state index contributed by atoms with van der Waals surface area (Å²) in [6.45, 7) is 0.168. The summed E-state index contributed by atoms with van der Waals surface area (Å²) in [4.78, 5) is 12.7. The third-order valence-corrected chi connectivity index (χ3v) is 8.07. The number of carbonyl (C=O) groups is 1. The van der Waals surface area contributed by atoms with Crippen LogP contribution in [0.3, 0.4) is 0 Å². The van der Waals surface area contributed by atoms with Gasteiger partial charge in [-0.1, -0.05) is 18.6 Å². The van der Waals surface area contributed by atoms with Gasteiger partial charge in [0.1, 0.15) is 18.2 Å². The van der Waals surface area contributed by atoms with E-state index in [4.69, 9.17) is 4.74 Å². The summed E-state index contributed by atoms with van der Waals surface area (Å²) in [6.07, 6.45) is 11.0. The first kappa shape index (κ1) is 22.4. The van der Waals surface area contributed by atoms with Crippen LogP contribution < -0.4 is 10.1 Å². The molecule has 4 aliphatic rings. The van der Waals surface area contributed by atoms with Crippen LogP contribution in [0.25, 0.3) is 0 Å². The Bertz CT molecular complexity index is 938. The molecule has 0 spiro atoms. The van der Waals surface area contributed by atoms with Gasteiger partial charge in [-0.05, 0) is 111 Å². The Kier molecular flexibility index (Phi) is 6.42. The molecule has 0 saturated heterocycles. The second kappa shape index (κ2) is 9.46. The maximum atomic E-state index is 13.1. The van der Waals surface area contributed by atoms with Crippen LogP contribution in [0.2, 0.25) is 0 Å². The summed E-state index contributed by atoms with van der Waals surface area (Å²) in [5.74, 6) is 2.64. The third kappa shape index (κ3) is 5.24. The van der Waals surface area contributed by atoms with E-state index in [1.165, 1.54) is 69.2 Å². The van der Waals surface area contributed by atoms with Crippen molar-refractivity contribution in [3.63, 3.8) is 0 Å². The minimum Gasteiger partial charge on any atom is -0.490 e. The molecule has 0 aromatic heterocycles. The molecule has 4 bridgehead atoms. The Morgan fingerprint density at radius 1 is 1.03 bits per heavy atom. The van der Waals surface area contributed by atoms with Gasteiger partial charge < -0.3 is 15.2 Å². The summed E-state index contributed by atoms with van der Waals surface area (Å²) in [5.41, 5.74) is 1.45. The molecule has 1 amide bonds. The van der Waals surface area contributed by atoms with Crippen LogP contribution in [-0.2, 0) is 0 Å². The first-order valence-corrected chi connectivity index (χ1v) is 12.4. The van der Waals surface area contributed by atoms with Gasteiger partial charge in [0.25, 0.3) is 5.91 Å². The van der Waals surface area contributed by atoms with Gasteiger partial charge in [-0.3, -0.25) is 4.79 Å². The van der Waals surface area contributed by atoms with Crippen LogP contribution in [-0.4, -0.2) is 23.7 Å². The van der Waals surface area contributed by atoms with Gasteiger partial charge in [0, 0.05) is 5.69 Å². The monoisotopic (exact) mass is 451 g/mol. The number of ether oxygens (including phenoxy) is 1. The zero-order valence-corrected chi connectivity index (χ0v) is 19.1. The molecule has 1 unspecified atom stereocenters. The van der Waals surface area contributed by atoms with Crippen molar-refractivity contribution in [2.45, 2.75) is 63.9 Å². The van der Waals surface area contributed by atoms with Gasteiger partial charge in [0.15, 0.2) is 0 Å². The number of benzene rings is 2. The summed E-state index contributed by atoms with van der Waals surface area (Å²) in [6, 6.07) is 12.7. The van der Waals surface area contributed by atoms with Crippen molar-refractivity contribution >= 4 is 11.6 Å². The molecule has 4 saturated carbocycles. The summed E-state index contributed by atoms with van der Waals surface area (Å²) in [5, 5.41) is 13.3. The van der Waals surface area contributed by atoms with Crippen molar-refractivity contribution < 1.29 is 19.0 Å². The Labute approximate surface area is 195 Å². The van der Waals surface area contributed by atoms with Crippen LogP contribution in [0, 0.1) is 29.0 Å². The fraction of sp³-hybridized carbons (Fsp3) is 0.536. The molecule has 5 heteroatoms. The highest BCUT2D eigenvalue weighted by atomic mass is 19.1. The molecule has 4 fully saturated rings. The van der Waals surface area contributed by atoms with Crippen molar-refractivity contribution in [2.24, 2.45) is 23.2 Å². The number of rotatable bonds is 9. The number of nitrogens with one attached hydrogen (secondary N) is 1. The lowest BCUT2D eigenvalue weighted by Gasteiger charge is -2.57. The van der Waals surface area contributed by atoms with E-state index in [1.54, 1.807) is 18.2 Å². The topological polar surface area (TPSA) is 58.6 Å². The predicted molar refractivity (Wildman–Crippen MR) is 127 cm³/mol. The first-order valence-electron chi connectivity index (χ1n) is 12.4. The van der Waals surface area contributed by atoms with Gasteiger partial charge in [-0.25, -0.2) is 4.39 Å². The molecule has 2 N–H and O–H groups in total. The van der Waals surface area contributed by atoms with E-state index >= 15 is 0 Å². The SMILES string of the molecule is O=C(Nc1ccc(F)cc1)c1ccccc1OCC(O)CCCC12CC3CC(CC(C3)C1)C2. The molecule has 4 nitrogen and oxygen atoms in total. The van der Waals surface area contributed by atoms with E-state index in [9.17, 15) is 14.3 Å².